The van der Waals surface area contributed by atoms with Gasteiger partial charge in [0, 0.05) is 13.7 Å². The Hall–Kier alpha value is -0.0100. The van der Waals surface area contributed by atoms with E-state index in [1.165, 1.54) is 52.1 Å². The van der Waals surface area contributed by atoms with Crippen LogP contribution in [0.3, 0.4) is 0 Å². The number of unbranched alkanes of at least 4 members (excludes halogenated alkanes) is 8. The summed E-state index contributed by atoms with van der Waals surface area (Å²) in [6.07, 6.45) is 13.1. The SMILES string of the molecule is CCCCCCCCCCCOP(=O)(OC)OC(C)CN(CCCN(C)C)CCCN(C)C. The van der Waals surface area contributed by atoms with E-state index in [0.29, 0.717) is 6.61 Å². The van der Waals surface area contributed by atoms with E-state index < -0.39 is 7.82 Å². The number of nitrogens with zero attached hydrogens (tertiary/aromatic N) is 3. The van der Waals surface area contributed by atoms with Gasteiger partial charge in [-0.3, -0.25) is 13.6 Å². The molecule has 0 rings (SSSR count). The molecule has 0 aromatic heterocycles. The van der Waals surface area contributed by atoms with Gasteiger partial charge in [0.2, 0.25) is 0 Å². The second kappa shape index (κ2) is 21.3. The van der Waals surface area contributed by atoms with Crippen LogP contribution in [0.25, 0.3) is 0 Å². The summed E-state index contributed by atoms with van der Waals surface area (Å²) in [5.41, 5.74) is 0. The molecular weight excluding hydrogens is 437 g/mol. The third kappa shape index (κ3) is 21.0. The fraction of sp³-hybridized carbons (Fsp3) is 1.00. The Labute approximate surface area is 206 Å². The smallest absolute Gasteiger partial charge is 0.309 e. The molecular formula is C25H56N3O4P. The van der Waals surface area contributed by atoms with Crippen LogP contribution in [-0.2, 0) is 18.1 Å². The topological polar surface area (TPSA) is 54.5 Å². The lowest BCUT2D eigenvalue weighted by atomic mass is 10.1. The molecule has 0 radical (unpaired) electrons. The van der Waals surface area contributed by atoms with Crippen LogP contribution in [0.5, 0.6) is 0 Å². The Morgan fingerprint density at radius 1 is 0.727 bits per heavy atom. The predicted molar refractivity (Wildman–Crippen MR) is 141 cm³/mol. The summed E-state index contributed by atoms with van der Waals surface area (Å²) in [6, 6.07) is 0. The molecule has 0 aliphatic heterocycles. The van der Waals surface area contributed by atoms with Crippen molar-refractivity contribution in [1.29, 1.82) is 0 Å². The van der Waals surface area contributed by atoms with Crippen molar-refractivity contribution in [1.82, 2.24) is 14.7 Å². The lowest BCUT2D eigenvalue weighted by molar-refractivity contribution is 0.0736. The van der Waals surface area contributed by atoms with Crippen molar-refractivity contribution >= 4 is 7.82 Å². The van der Waals surface area contributed by atoms with Gasteiger partial charge in [0.1, 0.15) is 0 Å². The fourth-order valence-corrected chi connectivity index (χ4v) is 4.96. The number of hydrogen-bond acceptors (Lipinski definition) is 7. The minimum atomic E-state index is -3.51. The highest BCUT2D eigenvalue weighted by Crippen LogP contribution is 2.49. The Morgan fingerprint density at radius 2 is 1.21 bits per heavy atom. The monoisotopic (exact) mass is 493 g/mol. The number of phosphoric ester groups is 1. The van der Waals surface area contributed by atoms with E-state index in [9.17, 15) is 4.57 Å². The fourth-order valence-electron chi connectivity index (χ4n) is 3.85. The third-order valence-corrected chi connectivity index (χ3v) is 7.27. The lowest BCUT2D eigenvalue weighted by Crippen LogP contribution is -2.36. The van der Waals surface area contributed by atoms with Gasteiger partial charge in [0.25, 0.3) is 0 Å². The third-order valence-electron chi connectivity index (χ3n) is 5.70. The van der Waals surface area contributed by atoms with Crippen molar-refractivity contribution in [2.45, 2.75) is 90.6 Å². The first-order valence-electron chi connectivity index (χ1n) is 13.2. The maximum Gasteiger partial charge on any atom is 0.474 e. The highest BCUT2D eigenvalue weighted by atomic mass is 31.2. The zero-order valence-electron chi connectivity index (χ0n) is 23.0. The Bertz CT molecular complexity index is 467. The normalized spacial score (nSPS) is 15.0. The van der Waals surface area contributed by atoms with E-state index in [1.54, 1.807) is 0 Å². The van der Waals surface area contributed by atoms with Gasteiger partial charge in [-0.05, 0) is 80.6 Å². The standard InChI is InChI=1S/C25H56N3O4P/c1-8-9-10-11-12-13-14-15-16-23-31-33(29,30-7)32-25(2)24-28(21-17-19-26(3)4)22-18-20-27(5)6/h25H,8-24H2,1-7H3. The van der Waals surface area contributed by atoms with Gasteiger partial charge in [-0.1, -0.05) is 58.3 Å². The molecule has 7 nitrogen and oxygen atoms in total. The summed E-state index contributed by atoms with van der Waals surface area (Å²) in [6.45, 7) is 9.44. The molecule has 0 aromatic carbocycles. The molecule has 0 aromatic rings. The second-order valence-electron chi connectivity index (χ2n) is 9.82. The Kier molecular flexibility index (Phi) is 21.3. The van der Waals surface area contributed by atoms with Crippen LogP contribution in [0, 0.1) is 0 Å². The molecule has 8 heteroatoms. The summed E-state index contributed by atoms with van der Waals surface area (Å²) in [4.78, 5) is 6.81. The number of rotatable bonds is 24. The minimum absolute atomic E-state index is 0.224. The van der Waals surface area contributed by atoms with Crippen LogP contribution in [0.1, 0.15) is 84.5 Å². The quantitative estimate of drug-likeness (QED) is 0.123. The van der Waals surface area contributed by atoms with Crippen molar-refractivity contribution in [2.24, 2.45) is 0 Å². The summed E-state index contributed by atoms with van der Waals surface area (Å²) in [5, 5.41) is 0. The molecule has 0 aliphatic carbocycles. The molecule has 0 heterocycles. The van der Waals surface area contributed by atoms with E-state index in [-0.39, 0.29) is 6.10 Å². The molecule has 0 amide bonds. The zero-order chi connectivity index (χ0) is 25.0. The first-order valence-corrected chi connectivity index (χ1v) is 14.7. The largest absolute Gasteiger partial charge is 0.474 e. The van der Waals surface area contributed by atoms with Gasteiger partial charge in [0.15, 0.2) is 0 Å². The first kappa shape index (κ1) is 33.0. The highest BCUT2D eigenvalue weighted by Gasteiger charge is 2.28. The summed E-state index contributed by atoms with van der Waals surface area (Å²) < 4.78 is 29.5. The molecule has 2 atom stereocenters. The maximum atomic E-state index is 12.9. The summed E-state index contributed by atoms with van der Waals surface area (Å²) in [7, 11) is 6.30. The summed E-state index contributed by atoms with van der Waals surface area (Å²) in [5.74, 6) is 0. The van der Waals surface area contributed by atoms with Crippen LogP contribution in [-0.4, -0.2) is 95.4 Å². The lowest BCUT2D eigenvalue weighted by Gasteiger charge is -2.28. The molecule has 0 aliphatic rings. The second-order valence-corrected chi connectivity index (χ2v) is 11.6. The van der Waals surface area contributed by atoms with E-state index >= 15 is 0 Å². The van der Waals surface area contributed by atoms with Crippen LogP contribution >= 0.6 is 7.82 Å². The average Bonchev–Trinajstić information content (AvgIpc) is 2.74. The molecule has 0 fully saturated rings. The van der Waals surface area contributed by atoms with E-state index in [2.05, 4.69) is 49.8 Å². The maximum absolute atomic E-state index is 12.9. The molecule has 2 unspecified atom stereocenters. The number of hydrogen-bond donors (Lipinski definition) is 0. The van der Waals surface area contributed by atoms with Crippen LogP contribution < -0.4 is 0 Å². The highest BCUT2D eigenvalue weighted by molar-refractivity contribution is 7.48. The van der Waals surface area contributed by atoms with E-state index in [1.807, 2.05) is 6.92 Å². The minimum Gasteiger partial charge on any atom is -0.309 e. The molecule has 0 N–H and O–H groups in total. The van der Waals surface area contributed by atoms with Crippen molar-refractivity contribution in [3.63, 3.8) is 0 Å². The predicted octanol–water partition coefficient (Wildman–Crippen LogP) is 5.90. The van der Waals surface area contributed by atoms with Gasteiger partial charge < -0.3 is 14.7 Å². The average molecular weight is 494 g/mol. The molecule has 0 spiro atoms. The van der Waals surface area contributed by atoms with Gasteiger partial charge in [-0.25, -0.2) is 4.57 Å². The number of phosphoric acid groups is 1. The Morgan fingerprint density at radius 3 is 1.67 bits per heavy atom. The Balaban J connectivity index is 4.29. The van der Waals surface area contributed by atoms with Crippen molar-refractivity contribution in [2.75, 3.05) is 74.6 Å². The van der Waals surface area contributed by atoms with Gasteiger partial charge in [0.05, 0.1) is 12.7 Å². The van der Waals surface area contributed by atoms with Gasteiger partial charge in [-0.2, -0.15) is 0 Å². The van der Waals surface area contributed by atoms with Crippen LogP contribution in [0.15, 0.2) is 0 Å². The van der Waals surface area contributed by atoms with Crippen molar-refractivity contribution < 1.29 is 18.1 Å². The van der Waals surface area contributed by atoms with Crippen LogP contribution in [0.2, 0.25) is 0 Å². The van der Waals surface area contributed by atoms with Crippen LogP contribution in [0.4, 0.5) is 0 Å². The van der Waals surface area contributed by atoms with Crippen molar-refractivity contribution in [3.05, 3.63) is 0 Å². The zero-order valence-corrected chi connectivity index (χ0v) is 23.9. The van der Waals surface area contributed by atoms with Gasteiger partial charge in [-0.15, -0.1) is 0 Å². The first-order chi connectivity index (χ1) is 15.7. The van der Waals surface area contributed by atoms with Gasteiger partial charge >= 0.3 is 7.82 Å². The van der Waals surface area contributed by atoms with E-state index in [0.717, 1.165) is 58.4 Å². The molecule has 0 saturated carbocycles. The summed E-state index contributed by atoms with van der Waals surface area (Å²) >= 11 is 0. The molecule has 33 heavy (non-hydrogen) atoms. The molecule has 0 bridgehead atoms. The molecule has 200 valence electrons. The van der Waals surface area contributed by atoms with Crippen molar-refractivity contribution in [3.8, 4) is 0 Å². The van der Waals surface area contributed by atoms with E-state index in [4.69, 9.17) is 13.6 Å². The molecule has 0 saturated heterocycles.